The number of alkyl halides is 3. The number of carbonyl (C=O) groups is 1. The minimum Gasteiger partial charge on any atom is -0.465 e. The number of nitrogens with zero attached hydrogens (tertiary/aromatic N) is 5. The number of nitro groups is 1. The molecule has 2 N–H and O–H groups in total. The normalized spacial score (nSPS) is 18.8. The molecule has 0 radical (unpaired) electrons. The summed E-state index contributed by atoms with van der Waals surface area (Å²) in [6.45, 7) is 2.28. The molecule has 1 aromatic heterocycles. The van der Waals surface area contributed by atoms with Crippen LogP contribution in [0.25, 0.3) is 0 Å². The first-order valence-electron chi connectivity index (χ1n) is 10.4. The van der Waals surface area contributed by atoms with Crippen LogP contribution in [0.3, 0.4) is 0 Å². The van der Waals surface area contributed by atoms with Gasteiger partial charge in [0.2, 0.25) is 0 Å². The molecule has 1 saturated heterocycles. The second-order valence-electron chi connectivity index (χ2n) is 8.51. The van der Waals surface area contributed by atoms with Gasteiger partial charge < -0.3 is 30.0 Å². The Labute approximate surface area is 202 Å². The minimum absolute atomic E-state index is 0.0862. The molecule has 1 amide bonds. The van der Waals surface area contributed by atoms with Crippen molar-refractivity contribution in [2.24, 2.45) is 0 Å². The summed E-state index contributed by atoms with van der Waals surface area (Å²) in [4.78, 5) is 28.6. The molecule has 1 fully saturated rings. The van der Waals surface area contributed by atoms with Crippen LogP contribution in [0.5, 0.6) is 5.75 Å². The van der Waals surface area contributed by atoms with Crippen molar-refractivity contribution in [2.75, 3.05) is 26.2 Å². The van der Waals surface area contributed by atoms with Gasteiger partial charge in [-0.3, -0.25) is 9.47 Å². The van der Waals surface area contributed by atoms with Crippen molar-refractivity contribution < 1.29 is 37.8 Å². The maximum Gasteiger partial charge on any atom is 0.573 e. The maximum atomic E-state index is 12.4. The largest absolute Gasteiger partial charge is 0.573 e. The van der Waals surface area contributed by atoms with E-state index in [1.807, 2.05) is 4.90 Å². The van der Waals surface area contributed by atoms with Gasteiger partial charge >= 0.3 is 23.6 Å². The molecule has 15 heteroatoms. The number of rotatable bonds is 8. The van der Waals surface area contributed by atoms with Gasteiger partial charge in [0.25, 0.3) is 0 Å². The number of carboxylic acid groups (broad SMARTS) is 1. The molecule has 0 saturated carbocycles. The first-order valence-corrected chi connectivity index (χ1v) is 10.8. The Hall–Kier alpha value is -3.10. The third-order valence-electron chi connectivity index (χ3n) is 5.42. The summed E-state index contributed by atoms with van der Waals surface area (Å²) in [5, 5.41) is 31.2. The zero-order chi connectivity index (χ0) is 26.0. The number of β-amino-alcohol motifs (C(OH)–C–C–N with tert-alkyl or cyclic N) is 1. The summed E-state index contributed by atoms with van der Waals surface area (Å²) in [5.74, 6) is -0.830. The molecular formula is C20H23ClF3N5O6. The van der Waals surface area contributed by atoms with Crippen molar-refractivity contribution in [3.05, 3.63) is 51.4 Å². The molecule has 1 aliphatic rings. The van der Waals surface area contributed by atoms with Crippen LogP contribution in [0, 0.1) is 10.1 Å². The minimum atomic E-state index is -4.81. The molecule has 0 aliphatic carbocycles. The Balaban J connectivity index is 1.67. The highest BCUT2D eigenvalue weighted by atomic mass is 35.5. The fourth-order valence-corrected chi connectivity index (χ4v) is 4.26. The highest BCUT2D eigenvalue weighted by molar-refractivity contribution is 6.28. The second-order valence-corrected chi connectivity index (χ2v) is 8.85. The Morgan fingerprint density at radius 1 is 1.29 bits per heavy atom. The summed E-state index contributed by atoms with van der Waals surface area (Å²) in [5.41, 5.74) is -0.771. The van der Waals surface area contributed by atoms with Crippen molar-refractivity contribution in [1.29, 1.82) is 0 Å². The molecule has 35 heavy (non-hydrogen) atoms. The van der Waals surface area contributed by atoms with Crippen molar-refractivity contribution in [3.8, 4) is 5.75 Å². The lowest BCUT2D eigenvalue weighted by Gasteiger charge is -2.42. The first kappa shape index (κ1) is 26.5. The van der Waals surface area contributed by atoms with Crippen LogP contribution in [0.15, 0.2) is 30.5 Å². The lowest BCUT2D eigenvalue weighted by atomic mass is 10.00. The van der Waals surface area contributed by atoms with Crippen LogP contribution in [0.4, 0.5) is 23.8 Å². The smallest absolute Gasteiger partial charge is 0.465 e. The van der Waals surface area contributed by atoms with E-state index >= 15 is 0 Å². The standard InChI is InChI=1S/C20H23ClF3N5O6/c1-19(32,12-27-10-16(29(33)34)25-17(27)21)11-26-6-7-28(18(30)31)14(9-26)8-13-2-4-15(5-3-13)35-20(22,23)24/h2-5,10,14,32H,6-9,11-12H2,1H3,(H,30,31)/t14-,19?/m0/s1. The Bertz CT molecular complexity index is 1060. The van der Waals surface area contributed by atoms with E-state index < -0.39 is 34.8 Å². The van der Waals surface area contributed by atoms with Gasteiger partial charge in [-0.1, -0.05) is 12.1 Å². The fourth-order valence-electron chi connectivity index (χ4n) is 4.07. The number of halogens is 4. The van der Waals surface area contributed by atoms with Crippen LogP contribution in [0.2, 0.25) is 5.28 Å². The highest BCUT2D eigenvalue weighted by Gasteiger charge is 2.35. The van der Waals surface area contributed by atoms with Crippen molar-refractivity contribution in [1.82, 2.24) is 19.4 Å². The fraction of sp³-hybridized carbons (Fsp3) is 0.500. The van der Waals surface area contributed by atoms with Gasteiger partial charge in [0.15, 0.2) is 0 Å². The predicted molar refractivity (Wildman–Crippen MR) is 116 cm³/mol. The molecule has 11 nitrogen and oxygen atoms in total. The van der Waals surface area contributed by atoms with Crippen LogP contribution in [0.1, 0.15) is 12.5 Å². The maximum absolute atomic E-state index is 12.4. The number of benzene rings is 1. The molecule has 0 spiro atoms. The van der Waals surface area contributed by atoms with E-state index in [0.717, 1.165) is 18.3 Å². The molecule has 1 unspecified atom stereocenters. The van der Waals surface area contributed by atoms with Crippen molar-refractivity contribution in [3.63, 3.8) is 0 Å². The van der Waals surface area contributed by atoms with Crippen LogP contribution in [-0.2, 0) is 13.0 Å². The van der Waals surface area contributed by atoms with E-state index in [-0.39, 0.29) is 43.6 Å². The molecule has 0 bridgehead atoms. The number of hydrogen-bond donors (Lipinski definition) is 2. The average Bonchev–Trinajstić information content (AvgIpc) is 3.08. The molecule has 1 aliphatic heterocycles. The van der Waals surface area contributed by atoms with Gasteiger partial charge in [0.1, 0.15) is 11.9 Å². The summed E-state index contributed by atoms with van der Waals surface area (Å²) >= 11 is 5.93. The van der Waals surface area contributed by atoms with Gasteiger partial charge in [0.05, 0.1) is 18.2 Å². The summed E-state index contributed by atoms with van der Waals surface area (Å²) in [7, 11) is 0. The third-order valence-corrected chi connectivity index (χ3v) is 5.72. The highest BCUT2D eigenvalue weighted by Crippen LogP contribution is 2.25. The SMILES string of the molecule is CC(O)(CN1CCN(C(=O)O)[C@@H](Cc2ccc(OC(F)(F)F)cc2)C1)Cn1cc([N+](=O)[O-])nc1Cl. The quantitative estimate of drug-likeness (QED) is 0.400. The van der Waals surface area contributed by atoms with E-state index in [2.05, 4.69) is 9.72 Å². The van der Waals surface area contributed by atoms with E-state index in [1.165, 1.54) is 28.5 Å². The number of aromatic nitrogens is 2. The molecule has 2 heterocycles. The number of piperazine rings is 1. The topological polar surface area (TPSA) is 134 Å². The Morgan fingerprint density at radius 2 is 1.94 bits per heavy atom. The van der Waals surface area contributed by atoms with Gasteiger partial charge in [-0.25, -0.2) is 4.79 Å². The van der Waals surface area contributed by atoms with Crippen LogP contribution < -0.4 is 4.74 Å². The second kappa shape index (κ2) is 10.3. The summed E-state index contributed by atoms with van der Waals surface area (Å²) < 4.78 is 42.2. The zero-order valence-electron chi connectivity index (χ0n) is 18.5. The number of imidazole rings is 1. The lowest BCUT2D eigenvalue weighted by Crippen LogP contribution is -2.58. The van der Waals surface area contributed by atoms with Gasteiger partial charge in [-0.15, -0.1) is 13.2 Å². The van der Waals surface area contributed by atoms with Crippen LogP contribution in [-0.4, -0.2) is 84.8 Å². The van der Waals surface area contributed by atoms with E-state index in [9.17, 15) is 38.3 Å². The molecule has 1 aromatic carbocycles. The van der Waals surface area contributed by atoms with Gasteiger partial charge in [-0.2, -0.15) is 0 Å². The number of amides is 1. The predicted octanol–water partition coefficient (Wildman–Crippen LogP) is 3.00. The molecule has 192 valence electrons. The summed E-state index contributed by atoms with van der Waals surface area (Å²) in [6, 6.07) is 4.67. The molecule has 3 rings (SSSR count). The molecular weight excluding hydrogens is 499 g/mol. The number of hydrogen-bond acceptors (Lipinski definition) is 7. The third kappa shape index (κ3) is 7.44. The van der Waals surface area contributed by atoms with Gasteiger partial charge in [0, 0.05) is 26.2 Å². The zero-order valence-corrected chi connectivity index (χ0v) is 19.2. The number of aliphatic hydroxyl groups is 1. The van der Waals surface area contributed by atoms with Crippen molar-refractivity contribution in [2.45, 2.75) is 37.9 Å². The van der Waals surface area contributed by atoms with Crippen molar-refractivity contribution >= 4 is 23.5 Å². The van der Waals surface area contributed by atoms with E-state index in [4.69, 9.17) is 11.6 Å². The first-order chi connectivity index (χ1) is 16.2. The lowest BCUT2D eigenvalue weighted by molar-refractivity contribution is -0.389. The van der Waals surface area contributed by atoms with E-state index in [1.54, 1.807) is 0 Å². The monoisotopic (exact) mass is 521 g/mol. The van der Waals surface area contributed by atoms with Crippen LogP contribution >= 0.6 is 11.6 Å². The Morgan fingerprint density at radius 3 is 2.49 bits per heavy atom. The van der Waals surface area contributed by atoms with E-state index in [0.29, 0.717) is 12.1 Å². The number of ether oxygens (including phenoxy) is 1. The average molecular weight is 522 g/mol. The molecule has 2 aromatic rings. The Kier molecular flexibility index (Phi) is 7.77. The molecule has 2 atom stereocenters. The van der Waals surface area contributed by atoms with Gasteiger partial charge in [-0.05, 0) is 52.5 Å². The summed E-state index contributed by atoms with van der Waals surface area (Å²) in [6.07, 6.45) is -4.59.